The maximum Gasteiger partial charge on any atom is 0.323 e. The number of carboxylic acids is 1. The molecular formula is C10H16N2O2. The van der Waals surface area contributed by atoms with E-state index in [0.29, 0.717) is 0 Å². The fraction of sp³-hybridized carbons (Fsp3) is 0.600. The van der Waals surface area contributed by atoms with Crippen molar-refractivity contribution in [2.24, 2.45) is 5.41 Å². The zero-order chi connectivity index (χ0) is 10.8. The number of nitrogens with zero attached hydrogens (tertiary/aromatic N) is 2. The number of imidazole rings is 1. The summed E-state index contributed by atoms with van der Waals surface area (Å²) in [5.41, 5.74) is 0.127. The maximum absolute atomic E-state index is 10.5. The van der Waals surface area contributed by atoms with Crippen molar-refractivity contribution < 1.29 is 9.90 Å². The van der Waals surface area contributed by atoms with Crippen LogP contribution in [0.15, 0.2) is 12.4 Å². The Morgan fingerprint density at radius 2 is 2.21 bits per heavy atom. The largest absolute Gasteiger partial charge is 0.480 e. The molecule has 0 atom stereocenters. The second-order valence-electron chi connectivity index (χ2n) is 4.60. The standard InChI is InChI=1S/C10H16N2O2/c1-10(2,3)6-8-11-4-5-12(8)7-9(13)14/h4-5H,6-7H2,1-3H3,(H,13,14). The minimum atomic E-state index is -0.835. The minimum Gasteiger partial charge on any atom is -0.480 e. The third-order valence-electron chi connectivity index (χ3n) is 1.80. The molecule has 4 heteroatoms. The molecule has 0 spiro atoms. The lowest BCUT2D eigenvalue weighted by molar-refractivity contribution is -0.137. The number of carboxylic acid groups (broad SMARTS) is 1. The molecule has 0 aliphatic heterocycles. The molecule has 1 aromatic heterocycles. The number of rotatable bonds is 3. The summed E-state index contributed by atoms with van der Waals surface area (Å²) in [6, 6.07) is 0. The highest BCUT2D eigenvalue weighted by Crippen LogP contribution is 2.19. The third-order valence-corrected chi connectivity index (χ3v) is 1.80. The molecule has 0 fully saturated rings. The van der Waals surface area contributed by atoms with Crippen LogP contribution in [0.5, 0.6) is 0 Å². The van der Waals surface area contributed by atoms with Crippen LogP contribution in [0.3, 0.4) is 0 Å². The van der Waals surface area contributed by atoms with Crippen molar-refractivity contribution >= 4 is 5.97 Å². The summed E-state index contributed by atoms with van der Waals surface area (Å²) in [4.78, 5) is 14.7. The Morgan fingerprint density at radius 1 is 1.57 bits per heavy atom. The summed E-state index contributed by atoms with van der Waals surface area (Å²) in [6.07, 6.45) is 4.13. The van der Waals surface area contributed by atoms with Gasteiger partial charge in [-0.15, -0.1) is 0 Å². The van der Waals surface area contributed by atoms with Gasteiger partial charge >= 0.3 is 5.97 Å². The Labute approximate surface area is 83.6 Å². The summed E-state index contributed by atoms with van der Waals surface area (Å²) < 4.78 is 1.67. The Bertz CT molecular complexity index is 323. The zero-order valence-corrected chi connectivity index (χ0v) is 8.82. The minimum absolute atomic E-state index is 0.00852. The average Bonchev–Trinajstić information content (AvgIpc) is 2.32. The highest BCUT2D eigenvalue weighted by atomic mass is 16.4. The summed E-state index contributed by atoms with van der Waals surface area (Å²) in [6.45, 7) is 6.30. The van der Waals surface area contributed by atoms with E-state index < -0.39 is 5.97 Å². The first-order chi connectivity index (χ1) is 6.38. The predicted octanol–water partition coefficient (Wildman–Crippen LogP) is 1.56. The van der Waals surface area contributed by atoms with Crippen LogP contribution >= 0.6 is 0 Å². The van der Waals surface area contributed by atoms with E-state index in [1.165, 1.54) is 0 Å². The van der Waals surface area contributed by atoms with Gasteiger partial charge < -0.3 is 9.67 Å². The molecule has 1 N–H and O–H groups in total. The van der Waals surface area contributed by atoms with Crippen LogP contribution in [-0.4, -0.2) is 20.6 Å². The fourth-order valence-electron chi connectivity index (χ4n) is 1.27. The first-order valence-corrected chi connectivity index (χ1v) is 4.60. The second-order valence-corrected chi connectivity index (χ2v) is 4.60. The molecule has 0 amide bonds. The fourth-order valence-corrected chi connectivity index (χ4v) is 1.27. The Kier molecular flexibility index (Phi) is 2.93. The van der Waals surface area contributed by atoms with Crippen molar-refractivity contribution in [1.29, 1.82) is 0 Å². The molecule has 0 aliphatic rings. The molecule has 1 aromatic rings. The lowest BCUT2D eigenvalue weighted by atomic mass is 9.92. The van der Waals surface area contributed by atoms with E-state index in [9.17, 15) is 4.79 Å². The van der Waals surface area contributed by atoms with E-state index in [-0.39, 0.29) is 12.0 Å². The zero-order valence-electron chi connectivity index (χ0n) is 8.82. The van der Waals surface area contributed by atoms with E-state index in [4.69, 9.17) is 5.11 Å². The Balaban J connectivity index is 2.77. The van der Waals surface area contributed by atoms with Gasteiger partial charge in [-0.1, -0.05) is 20.8 Å². The van der Waals surface area contributed by atoms with Crippen molar-refractivity contribution in [1.82, 2.24) is 9.55 Å². The van der Waals surface area contributed by atoms with Gasteiger partial charge in [0.15, 0.2) is 0 Å². The summed E-state index contributed by atoms with van der Waals surface area (Å²) >= 11 is 0. The molecule has 1 heterocycles. The molecular weight excluding hydrogens is 180 g/mol. The molecule has 4 nitrogen and oxygen atoms in total. The topological polar surface area (TPSA) is 55.1 Å². The van der Waals surface area contributed by atoms with Gasteiger partial charge in [0.1, 0.15) is 12.4 Å². The first-order valence-electron chi connectivity index (χ1n) is 4.60. The van der Waals surface area contributed by atoms with E-state index in [2.05, 4.69) is 25.8 Å². The maximum atomic E-state index is 10.5. The van der Waals surface area contributed by atoms with E-state index >= 15 is 0 Å². The molecule has 0 saturated carbocycles. The quantitative estimate of drug-likeness (QED) is 0.798. The molecule has 14 heavy (non-hydrogen) atoms. The van der Waals surface area contributed by atoms with Crippen LogP contribution in [0.2, 0.25) is 0 Å². The lowest BCUT2D eigenvalue weighted by Crippen LogP contribution is -2.17. The van der Waals surface area contributed by atoms with Crippen LogP contribution < -0.4 is 0 Å². The van der Waals surface area contributed by atoms with Crippen molar-refractivity contribution in [2.75, 3.05) is 0 Å². The van der Waals surface area contributed by atoms with E-state index in [1.54, 1.807) is 17.0 Å². The smallest absolute Gasteiger partial charge is 0.323 e. The molecule has 0 unspecified atom stereocenters. The van der Waals surface area contributed by atoms with Crippen LogP contribution in [0.1, 0.15) is 26.6 Å². The average molecular weight is 196 g/mol. The van der Waals surface area contributed by atoms with Gasteiger partial charge in [0.25, 0.3) is 0 Å². The van der Waals surface area contributed by atoms with Crippen molar-refractivity contribution in [3.05, 3.63) is 18.2 Å². The molecule has 1 rings (SSSR count). The van der Waals surface area contributed by atoms with Crippen LogP contribution in [0.4, 0.5) is 0 Å². The number of aromatic nitrogens is 2. The molecule has 0 bridgehead atoms. The van der Waals surface area contributed by atoms with E-state index in [1.807, 2.05) is 0 Å². The Hall–Kier alpha value is -1.32. The van der Waals surface area contributed by atoms with Crippen LogP contribution in [0.25, 0.3) is 0 Å². The van der Waals surface area contributed by atoms with Crippen LogP contribution in [0, 0.1) is 5.41 Å². The summed E-state index contributed by atoms with van der Waals surface area (Å²) in [7, 11) is 0. The molecule has 0 aliphatic carbocycles. The second kappa shape index (κ2) is 3.82. The summed E-state index contributed by atoms with van der Waals surface area (Å²) in [5, 5.41) is 8.66. The number of carbonyl (C=O) groups is 1. The first kappa shape index (κ1) is 10.8. The molecule has 78 valence electrons. The number of hydrogen-bond acceptors (Lipinski definition) is 2. The number of aliphatic carboxylic acids is 1. The van der Waals surface area contributed by atoms with Crippen molar-refractivity contribution in [3.8, 4) is 0 Å². The lowest BCUT2D eigenvalue weighted by Gasteiger charge is -2.17. The van der Waals surface area contributed by atoms with Gasteiger partial charge in [-0.05, 0) is 5.41 Å². The van der Waals surface area contributed by atoms with Gasteiger partial charge in [0.2, 0.25) is 0 Å². The number of hydrogen-bond donors (Lipinski definition) is 1. The summed E-state index contributed by atoms with van der Waals surface area (Å²) in [5.74, 6) is -0.00180. The molecule has 0 radical (unpaired) electrons. The van der Waals surface area contributed by atoms with Crippen molar-refractivity contribution in [2.45, 2.75) is 33.7 Å². The molecule has 0 saturated heterocycles. The SMILES string of the molecule is CC(C)(C)Cc1nccn1CC(=O)O. The van der Waals surface area contributed by atoms with E-state index in [0.717, 1.165) is 12.2 Å². The third kappa shape index (κ3) is 3.20. The Morgan fingerprint density at radius 3 is 2.71 bits per heavy atom. The highest BCUT2D eigenvalue weighted by molar-refractivity contribution is 5.66. The van der Waals surface area contributed by atoms with Gasteiger partial charge in [-0.25, -0.2) is 4.98 Å². The monoisotopic (exact) mass is 196 g/mol. The van der Waals surface area contributed by atoms with Crippen LogP contribution in [-0.2, 0) is 17.8 Å². The highest BCUT2D eigenvalue weighted by Gasteiger charge is 2.15. The predicted molar refractivity (Wildman–Crippen MR) is 53.0 cm³/mol. The van der Waals surface area contributed by atoms with Gasteiger partial charge in [-0.3, -0.25) is 4.79 Å². The van der Waals surface area contributed by atoms with Gasteiger partial charge in [0, 0.05) is 18.8 Å². The van der Waals surface area contributed by atoms with Gasteiger partial charge in [0.05, 0.1) is 0 Å². The normalized spacial score (nSPS) is 11.6. The van der Waals surface area contributed by atoms with Crippen molar-refractivity contribution in [3.63, 3.8) is 0 Å². The van der Waals surface area contributed by atoms with Gasteiger partial charge in [-0.2, -0.15) is 0 Å². The molecule has 0 aromatic carbocycles.